The molecular weight excluding hydrogens is 570 g/mol. The van der Waals surface area contributed by atoms with Crippen molar-refractivity contribution in [2.45, 2.75) is 32.9 Å². The van der Waals surface area contributed by atoms with Gasteiger partial charge in [-0.3, -0.25) is 13.9 Å². The second-order valence-electron chi connectivity index (χ2n) is 10.8. The van der Waals surface area contributed by atoms with Crippen LogP contribution in [0.5, 0.6) is 0 Å². The van der Waals surface area contributed by atoms with Gasteiger partial charge in [0.25, 0.3) is 0 Å². The number of halogens is 1. The van der Waals surface area contributed by atoms with Crippen LogP contribution < -0.4 is 9.62 Å². The first kappa shape index (κ1) is 31.1. The van der Waals surface area contributed by atoms with Crippen molar-refractivity contribution in [3.8, 4) is 0 Å². The van der Waals surface area contributed by atoms with E-state index in [2.05, 4.69) is 5.32 Å². The number of nitrogens with one attached hydrogen (secondary N) is 1. The molecular formula is C33H36ClN3O4S. The van der Waals surface area contributed by atoms with Gasteiger partial charge in [0.2, 0.25) is 21.8 Å². The molecule has 0 saturated heterocycles. The SMILES string of the molecule is CC(C)CNC(=O)[C@H](Cc1ccccc1)N(Cc1ccc(Cl)cc1)C(=O)CN(c1cccc2ccccc12)S(C)(=O)=O. The molecule has 4 aromatic rings. The van der Waals surface area contributed by atoms with Crippen molar-refractivity contribution in [3.05, 3.63) is 113 Å². The molecule has 42 heavy (non-hydrogen) atoms. The van der Waals surface area contributed by atoms with Gasteiger partial charge in [0.15, 0.2) is 0 Å². The van der Waals surface area contributed by atoms with Gasteiger partial charge in [0.1, 0.15) is 12.6 Å². The second-order valence-corrected chi connectivity index (χ2v) is 13.1. The topological polar surface area (TPSA) is 86.8 Å². The van der Waals surface area contributed by atoms with Gasteiger partial charge in [-0.25, -0.2) is 8.42 Å². The van der Waals surface area contributed by atoms with Crippen molar-refractivity contribution in [2.24, 2.45) is 5.92 Å². The van der Waals surface area contributed by atoms with E-state index in [1.807, 2.05) is 74.5 Å². The lowest BCUT2D eigenvalue weighted by Crippen LogP contribution is -2.53. The molecule has 0 spiro atoms. The highest BCUT2D eigenvalue weighted by molar-refractivity contribution is 7.92. The molecule has 1 atom stereocenters. The second kappa shape index (κ2) is 13.9. The normalized spacial score (nSPS) is 12.2. The van der Waals surface area contributed by atoms with E-state index in [9.17, 15) is 18.0 Å². The number of rotatable bonds is 12. The Labute approximate surface area is 253 Å². The lowest BCUT2D eigenvalue weighted by molar-refractivity contribution is -0.140. The minimum Gasteiger partial charge on any atom is -0.354 e. The first-order valence-electron chi connectivity index (χ1n) is 13.8. The first-order valence-corrected chi connectivity index (χ1v) is 16.1. The highest BCUT2D eigenvalue weighted by Gasteiger charge is 2.33. The van der Waals surface area contributed by atoms with Crippen LogP contribution in [0.2, 0.25) is 5.02 Å². The van der Waals surface area contributed by atoms with Crippen molar-refractivity contribution < 1.29 is 18.0 Å². The first-order chi connectivity index (χ1) is 20.0. The summed E-state index contributed by atoms with van der Waals surface area (Å²) < 4.78 is 27.4. The molecule has 0 heterocycles. The Morgan fingerprint density at radius 2 is 1.48 bits per heavy atom. The van der Waals surface area contributed by atoms with E-state index in [0.29, 0.717) is 22.6 Å². The van der Waals surface area contributed by atoms with Crippen LogP contribution in [0.3, 0.4) is 0 Å². The van der Waals surface area contributed by atoms with Crippen molar-refractivity contribution in [1.82, 2.24) is 10.2 Å². The summed E-state index contributed by atoms with van der Waals surface area (Å²) in [6, 6.07) is 28.4. The van der Waals surface area contributed by atoms with Gasteiger partial charge in [-0.15, -0.1) is 0 Å². The van der Waals surface area contributed by atoms with Crippen LogP contribution in [0.4, 0.5) is 5.69 Å². The maximum atomic E-state index is 14.3. The Morgan fingerprint density at radius 3 is 2.14 bits per heavy atom. The van der Waals surface area contributed by atoms with Crippen molar-refractivity contribution in [3.63, 3.8) is 0 Å². The third-order valence-corrected chi connectivity index (χ3v) is 8.31. The fraction of sp³-hybridized carbons (Fsp3) is 0.273. The summed E-state index contributed by atoms with van der Waals surface area (Å²) in [7, 11) is -3.87. The van der Waals surface area contributed by atoms with Crippen LogP contribution in [-0.4, -0.2) is 50.5 Å². The van der Waals surface area contributed by atoms with Crippen LogP contribution in [0.25, 0.3) is 10.8 Å². The zero-order chi connectivity index (χ0) is 30.3. The molecule has 0 fully saturated rings. The molecule has 4 aromatic carbocycles. The predicted octanol–water partition coefficient (Wildman–Crippen LogP) is 5.67. The molecule has 0 radical (unpaired) electrons. The molecule has 0 saturated carbocycles. The minimum absolute atomic E-state index is 0.0930. The highest BCUT2D eigenvalue weighted by atomic mass is 35.5. The Hall–Kier alpha value is -3.88. The summed E-state index contributed by atoms with van der Waals surface area (Å²) in [4.78, 5) is 29.5. The molecule has 4 rings (SSSR count). The molecule has 0 unspecified atom stereocenters. The van der Waals surface area contributed by atoms with Crippen LogP contribution in [-0.2, 0) is 32.6 Å². The highest BCUT2D eigenvalue weighted by Crippen LogP contribution is 2.29. The van der Waals surface area contributed by atoms with Crippen LogP contribution >= 0.6 is 11.6 Å². The van der Waals surface area contributed by atoms with E-state index in [1.54, 1.807) is 36.4 Å². The molecule has 1 N–H and O–H groups in total. The Bertz CT molecular complexity index is 1620. The summed E-state index contributed by atoms with van der Waals surface area (Å²) >= 11 is 6.12. The lowest BCUT2D eigenvalue weighted by atomic mass is 10.0. The molecule has 0 bridgehead atoms. The summed E-state index contributed by atoms with van der Waals surface area (Å²) in [6.45, 7) is 4.06. The van der Waals surface area contributed by atoms with Gasteiger partial charge >= 0.3 is 0 Å². The number of sulfonamides is 1. The molecule has 7 nitrogen and oxygen atoms in total. The van der Waals surface area contributed by atoms with E-state index >= 15 is 0 Å². The monoisotopic (exact) mass is 605 g/mol. The average Bonchev–Trinajstić information content (AvgIpc) is 2.97. The molecule has 220 valence electrons. The van der Waals surface area contributed by atoms with Gasteiger partial charge in [-0.2, -0.15) is 0 Å². The van der Waals surface area contributed by atoms with Crippen LogP contribution in [0.1, 0.15) is 25.0 Å². The molecule has 0 aliphatic rings. The summed E-state index contributed by atoms with van der Waals surface area (Å²) in [5.74, 6) is -0.589. The van der Waals surface area contributed by atoms with Gasteiger partial charge in [0.05, 0.1) is 11.9 Å². The predicted molar refractivity (Wildman–Crippen MR) is 170 cm³/mol. The third kappa shape index (κ3) is 8.11. The number of benzene rings is 4. The van der Waals surface area contributed by atoms with E-state index in [0.717, 1.165) is 27.1 Å². The molecule has 0 aliphatic heterocycles. The van der Waals surface area contributed by atoms with Crippen LogP contribution in [0.15, 0.2) is 97.1 Å². The maximum Gasteiger partial charge on any atom is 0.244 e. The van der Waals surface area contributed by atoms with Crippen molar-refractivity contribution in [1.29, 1.82) is 0 Å². The Balaban J connectivity index is 1.77. The van der Waals surface area contributed by atoms with Crippen molar-refractivity contribution >= 4 is 49.9 Å². The largest absolute Gasteiger partial charge is 0.354 e. The summed E-state index contributed by atoms with van der Waals surface area (Å²) in [5.41, 5.74) is 2.04. The number of amides is 2. The Kier molecular flexibility index (Phi) is 10.2. The number of hydrogen-bond acceptors (Lipinski definition) is 4. The lowest BCUT2D eigenvalue weighted by Gasteiger charge is -2.34. The van der Waals surface area contributed by atoms with E-state index in [1.165, 1.54) is 4.90 Å². The molecule has 0 aliphatic carbocycles. The fourth-order valence-corrected chi connectivity index (χ4v) is 5.77. The number of carbonyl (C=O) groups excluding carboxylic acids is 2. The average molecular weight is 606 g/mol. The zero-order valence-corrected chi connectivity index (χ0v) is 25.6. The standard InChI is InChI=1S/C33H36ClN3O4S/c1-24(2)21-35-33(39)31(20-25-10-5-4-6-11-25)36(22-26-16-18-28(34)19-17-26)32(38)23-37(42(3,40)41)30-15-9-13-27-12-7-8-14-29(27)30/h4-19,24,31H,20-23H2,1-3H3,(H,35,39)/t31-/m0/s1. The number of nitrogens with zero attached hydrogens (tertiary/aromatic N) is 2. The number of carbonyl (C=O) groups is 2. The molecule has 9 heteroatoms. The maximum absolute atomic E-state index is 14.3. The Morgan fingerprint density at radius 1 is 0.833 bits per heavy atom. The van der Waals surface area contributed by atoms with E-state index in [4.69, 9.17) is 11.6 Å². The number of anilines is 1. The smallest absolute Gasteiger partial charge is 0.244 e. The van der Waals surface area contributed by atoms with E-state index in [-0.39, 0.29) is 24.8 Å². The molecule has 0 aromatic heterocycles. The fourth-order valence-electron chi connectivity index (χ4n) is 4.78. The summed E-state index contributed by atoms with van der Waals surface area (Å²) in [5, 5.41) is 5.09. The van der Waals surface area contributed by atoms with Gasteiger partial charge in [0, 0.05) is 29.9 Å². The van der Waals surface area contributed by atoms with Gasteiger partial charge < -0.3 is 10.2 Å². The van der Waals surface area contributed by atoms with Gasteiger partial charge in [-0.05, 0) is 40.6 Å². The van der Waals surface area contributed by atoms with Gasteiger partial charge in [-0.1, -0.05) is 104 Å². The van der Waals surface area contributed by atoms with E-state index < -0.39 is 28.5 Å². The van der Waals surface area contributed by atoms with Crippen molar-refractivity contribution in [2.75, 3.05) is 23.7 Å². The molecule has 2 amide bonds. The third-order valence-electron chi connectivity index (χ3n) is 6.94. The number of hydrogen-bond donors (Lipinski definition) is 1. The minimum atomic E-state index is -3.87. The van der Waals surface area contributed by atoms with Crippen LogP contribution in [0, 0.1) is 5.92 Å². The zero-order valence-electron chi connectivity index (χ0n) is 24.0. The summed E-state index contributed by atoms with van der Waals surface area (Å²) in [6.07, 6.45) is 1.35. The quantitative estimate of drug-likeness (QED) is 0.225. The number of fused-ring (bicyclic) bond motifs is 1.